The average Bonchev–Trinajstić information content (AvgIpc) is 2.28. The molecule has 0 radical (unpaired) electrons. The second kappa shape index (κ2) is 7.06. The van der Waals surface area contributed by atoms with Crippen molar-refractivity contribution in [3.05, 3.63) is 28.3 Å². The topological polar surface area (TPSA) is 59.7 Å². The predicted molar refractivity (Wildman–Crippen MR) is 60.8 cm³/mol. The summed E-state index contributed by atoms with van der Waals surface area (Å²) in [4.78, 5) is 11.5. The van der Waals surface area contributed by atoms with Crippen LogP contribution >= 0.6 is 0 Å². The van der Waals surface area contributed by atoms with Crippen molar-refractivity contribution in [3.63, 3.8) is 0 Å². The number of hydrogen-bond acceptors (Lipinski definition) is 4. The summed E-state index contributed by atoms with van der Waals surface area (Å²) in [7, 11) is 0. The van der Waals surface area contributed by atoms with E-state index in [1.54, 1.807) is 0 Å². The Morgan fingerprint density at radius 1 is 1.44 bits per heavy atom. The van der Waals surface area contributed by atoms with Crippen LogP contribution in [0.4, 0.5) is 0 Å². The van der Waals surface area contributed by atoms with Gasteiger partial charge in [-0.2, -0.15) is 0 Å². The summed E-state index contributed by atoms with van der Waals surface area (Å²) in [6.07, 6.45) is 4.73. The van der Waals surface area contributed by atoms with E-state index in [1.807, 2.05) is 0 Å². The van der Waals surface area contributed by atoms with Gasteiger partial charge in [-0.3, -0.25) is 4.79 Å². The Morgan fingerprint density at radius 2 is 2.25 bits per heavy atom. The highest BCUT2D eigenvalue weighted by molar-refractivity contribution is 5.24. The van der Waals surface area contributed by atoms with Gasteiger partial charge in [0.1, 0.15) is 0 Å². The van der Waals surface area contributed by atoms with E-state index >= 15 is 0 Å². The van der Waals surface area contributed by atoms with E-state index in [2.05, 4.69) is 6.92 Å². The maximum atomic E-state index is 11.5. The van der Waals surface area contributed by atoms with Crippen LogP contribution in [0.5, 0.6) is 5.75 Å². The molecule has 0 aliphatic heterocycles. The van der Waals surface area contributed by atoms with E-state index in [4.69, 9.17) is 14.3 Å². The zero-order chi connectivity index (χ0) is 11.8. The summed E-state index contributed by atoms with van der Waals surface area (Å²) in [6.45, 7) is 2.56. The summed E-state index contributed by atoms with van der Waals surface area (Å²) >= 11 is 0. The molecule has 0 aromatic carbocycles. The average molecular weight is 226 g/mol. The lowest BCUT2D eigenvalue weighted by Crippen LogP contribution is -2.11. The van der Waals surface area contributed by atoms with Gasteiger partial charge in [0.15, 0.2) is 5.76 Å². The fourth-order valence-corrected chi connectivity index (χ4v) is 1.40. The van der Waals surface area contributed by atoms with Crippen molar-refractivity contribution in [3.8, 4) is 5.75 Å². The predicted octanol–water partition coefficient (Wildman–Crippen LogP) is 1.74. The van der Waals surface area contributed by atoms with Crippen molar-refractivity contribution >= 4 is 0 Å². The third kappa shape index (κ3) is 3.70. The molecular weight excluding hydrogens is 208 g/mol. The van der Waals surface area contributed by atoms with Crippen molar-refractivity contribution in [2.24, 2.45) is 0 Å². The van der Waals surface area contributed by atoms with E-state index in [9.17, 15) is 4.79 Å². The summed E-state index contributed by atoms with van der Waals surface area (Å²) in [5, 5.41) is 8.83. The highest BCUT2D eigenvalue weighted by Crippen LogP contribution is 2.13. The van der Waals surface area contributed by atoms with Crippen LogP contribution in [-0.2, 0) is 6.42 Å². The summed E-state index contributed by atoms with van der Waals surface area (Å²) in [5.41, 5.74) is -0.189. The molecule has 0 aliphatic carbocycles. The van der Waals surface area contributed by atoms with Gasteiger partial charge in [-0.25, -0.2) is 0 Å². The van der Waals surface area contributed by atoms with Crippen molar-refractivity contribution in [2.75, 3.05) is 13.2 Å². The number of aliphatic hydroxyl groups is 1. The van der Waals surface area contributed by atoms with E-state index in [0.29, 0.717) is 18.8 Å². The quantitative estimate of drug-likeness (QED) is 0.719. The fraction of sp³-hybridized carbons (Fsp3) is 0.583. The van der Waals surface area contributed by atoms with Gasteiger partial charge in [0.25, 0.3) is 0 Å². The Hall–Kier alpha value is -1.29. The van der Waals surface area contributed by atoms with Crippen LogP contribution in [0.25, 0.3) is 0 Å². The highest BCUT2D eigenvalue weighted by atomic mass is 16.5. The van der Waals surface area contributed by atoms with Crippen LogP contribution in [0, 0.1) is 0 Å². The van der Waals surface area contributed by atoms with Crippen LogP contribution in [0.3, 0.4) is 0 Å². The van der Waals surface area contributed by atoms with Crippen LogP contribution in [0.15, 0.2) is 21.5 Å². The molecule has 4 nitrogen and oxygen atoms in total. The van der Waals surface area contributed by atoms with E-state index in [1.165, 1.54) is 12.3 Å². The molecule has 16 heavy (non-hydrogen) atoms. The minimum Gasteiger partial charge on any atom is -0.487 e. The Morgan fingerprint density at radius 3 is 2.94 bits per heavy atom. The number of hydrogen-bond donors (Lipinski definition) is 1. The maximum absolute atomic E-state index is 11.5. The van der Waals surface area contributed by atoms with E-state index in [-0.39, 0.29) is 17.8 Å². The third-order valence-corrected chi connectivity index (χ3v) is 2.24. The second-order valence-corrected chi connectivity index (χ2v) is 3.57. The van der Waals surface area contributed by atoms with Gasteiger partial charge in [0.2, 0.25) is 11.2 Å². The van der Waals surface area contributed by atoms with Gasteiger partial charge >= 0.3 is 0 Å². The van der Waals surface area contributed by atoms with E-state index < -0.39 is 0 Å². The molecule has 0 spiro atoms. The van der Waals surface area contributed by atoms with Gasteiger partial charge in [-0.05, 0) is 6.42 Å². The fourth-order valence-electron chi connectivity index (χ4n) is 1.40. The summed E-state index contributed by atoms with van der Waals surface area (Å²) in [5.74, 6) is 0.666. The lowest BCUT2D eigenvalue weighted by Gasteiger charge is -2.08. The normalized spacial score (nSPS) is 10.4. The SMILES string of the molecule is CCCCCOc1c(CCO)occc1=O. The maximum Gasteiger partial charge on any atom is 0.227 e. The van der Waals surface area contributed by atoms with Crippen LogP contribution in [0.1, 0.15) is 31.9 Å². The molecule has 0 fully saturated rings. The number of ether oxygens (including phenoxy) is 1. The van der Waals surface area contributed by atoms with Gasteiger partial charge in [0, 0.05) is 12.5 Å². The van der Waals surface area contributed by atoms with Crippen molar-refractivity contribution < 1.29 is 14.3 Å². The van der Waals surface area contributed by atoms with Crippen LogP contribution in [-0.4, -0.2) is 18.3 Å². The first-order chi connectivity index (χ1) is 7.79. The Balaban J connectivity index is 2.65. The van der Waals surface area contributed by atoms with Crippen molar-refractivity contribution in [1.29, 1.82) is 0 Å². The number of rotatable bonds is 7. The third-order valence-electron chi connectivity index (χ3n) is 2.24. The largest absolute Gasteiger partial charge is 0.487 e. The summed E-state index contributed by atoms with van der Waals surface area (Å²) in [6, 6.07) is 1.33. The molecule has 1 heterocycles. The smallest absolute Gasteiger partial charge is 0.227 e. The molecule has 1 rings (SSSR count). The molecule has 0 unspecified atom stereocenters. The second-order valence-electron chi connectivity index (χ2n) is 3.57. The molecule has 0 amide bonds. The molecular formula is C12H18O4. The van der Waals surface area contributed by atoms with E-state index in [0.717, 1.165) is 19.3 Å². The van der Waals surface area contributed by atoms with Crippen molar-refractivity contribution in [2.45, 2.75) is 32.6 Å². The lowest BCUT2D eigenvalue weighted by atomic mass is 10.2. The standard InChI is InChI=1S/C12H18O4/c1-2-3-4-8-16-12-10(14)6-9-15-11(12)5-7-13/h6,9,13H,2-5,7-8H2,1H3. The Labute approximate surface area is 94.9 Å². The first-order valence-electron chi connectivity index (χ1n) is 5.64. The zero-order valence-electron chi connectivity index (χ0n) is 9.57. The molecule has 0 aliphatic rings. The molecule has 0 atom stereocenters. The van der Waals surface area contributed by atoms with Crippen molar-refractivity contribution in [1.82, 2.24) is 0 Å². The molecule has 0 saturated carbocycles. The van der Waals surface area contributed by atoms with Gasteiger partial charge in [-0.15, -0.1) is 0 Å². The molecule has 0 bridgehead atoms. The molecule has 90 valence electrons. The zero-order valence-corrected chi connectivity index (χ0v) is 9.57. The van der Waals surface area contributed by atoms with Gasteiger partial charge < -0.3 is 14.3 Å². The minimum absolute atomic E-state index is 0.0573. The molecule has 0 saturated heterocycles. The Kier molecular flexibility index (Phi) is 5.64. The van der Waals surface area contributed by atoms with Gasteiger partial charge in [0.05, 0.1) is 19.5 Å². The molecule has 4 heteroatoms. The van der Waals surface area contributed by atoms with Gasteiger partial charge in [-0.1, -0.05) is 19.8 Å². The first-order valence-corrected chi connectivity index (χ1v) is 5.64. The monoisotopic (exact) mass is 226 g/mol. The lowest BCUT2D eigenvalue weighted by molar-refractivity contribution is 0.260. The minimum atomic E-state index is -0.189. The highest BCUT2D eigenvalue weighted by Gasteiger charge is 2.09. The molecule has 1 N–H and O–H groups in total. The number of aliphatic hydroxyl groups excluding tert-OH is 1. The van der Waals surface area contributed by atoms with Crippen LogP contribution < -0.4 is 10.2 Å². The number of unbranched alkanes of at least 4 members (excludes halogenated alkanes) is 2. The molecule has 1 aromatic rings. The first kappa shape index (κ1) is 12.8. The Bertz CT molecular complexity index is 356. The summed E-state index contributed by atoms with van der Waals surface area (Å²) < 4.78 is 10.6. The molecule has 1 aromatic heterocycles. The van der Waals surface area contributed by atoms with Crippen LogP contribution in [0.2, 0.25) is 0 Å².